The van der Waals surface area contributed by atoms with Crippen molar-refractivity contribution in [3.8, 4) is 11.8 Å². The maximum absolute atomic E-state index is 8.99. The SMILES string of the molecule is CCNCCc1cn(Cc2ccc(C#N)c(OC)c2)cn1. The summed E-state index contributed by atoms with van der Waals surface area (Å²) in [5, 5.41) is 12.3. The van der Waals surface area contributed by atoms with Crippen LogP contribution in [0.25, 0.3) is 0 Å². The van der Waals surface area contributed by atoms with Crippen molar-refractivity contribution in [2.24, 2.45) is 0 Å². The third-order valence-corrected chi connectivity index (χ3v) is 3.25. The molecule has 0 atom stereocenters. The van der Waals surface area contributed by atoms with Crippen molar-refractivity contribution >= 4 is 0 Å². The molecule has 2 aromatic rings. The van der Waals surface area contributed by atoms with E-state index in [-0.39, 0.29) is 0 Å². The lowest BCUT2D eigenvalue weighted by molar-refractivity contribution is 0.413. The number of nitrogens with zero attached hydrogens (tertiary/aromatic N) is 3. The van der Waals surface area contributed by atoms with Crippen LogP contribution in [0.15, 0.2) is 30.7 Å². The van der Waals surface area contributed by atoms with E-state index >= 15 is 0 Å². The van der Waals surface area contributed by atoms with Gasteiger partial charge in [0.25, 0.3) is 0 Å². The standard InChI is InChI=1S/C16H20N4O/c1-3-18-7-6-15-11-20(12-19-15)10-13-4-5-14(9-17)16(8-13)21-2/h4-5,8,11-12,18H,3,6-7,10H2,1-2H3. The molecule has 2 rings (SSSR count). The summed E-state index contributed by atoms with van der Waals surface area (Å²) in [6.07, 6.45) is 4.82. The van der Waals surface area contributed by atoms with Gasteiger partial charge in [-0.3, -0.25) is 0 Å². The topological polar surface area (TPSA) is 62.9 Å². The minimum absolute atomic E-state index is 0.554. The van der Waals surface area contributed by atoms with E-state index in [4.69, 9.17) is 10.00 Å². The predicted octanol–water partition coefficient (Wildman–Crippen LogP) is 1.96. The molecule has 5 nitrogen and oxygen atoms in total. The lowest BCUT2D eigenvalue weighted by Crippen LogP contribution is -2.16. The van der Waals surface area contributed by atoms with Crippen LogP contribution in [0, 0.1) is 11.3 Å². The molecule has 0 radical (unpaired) electrons. The Kier molecular flexibility index (Phi) is 5.35. The summed E-state index contributed by atoms with van der Waals surface area (Å²) >= 11 is 0. The second-order valence-corrected chi connectivity index (χ2v) is 4.79. The molecular formula is C16H20N4O. The molecule has 0 amide bonds. The zero-order valence-electron chi connectivity index (χ0n) is 12.5. The highest BCUT2D eigenvalue weighted by Crippen LogP contribution is 2.19. The molecule has 21 heavy (non-hydrogen) atoms. The molecule has 0 spiro atoms. The van der Waals surface area contributed by atoms with Crippen LogP contribution in [0.1, 0.15) is 23.7 Å². The number of nitrogens with one attached hydrogen (secondary N) is 1. The van der Waals surface area contributed by atoms with Gasteiger partial charge in [-0.1, -0.05) is 13.0 Å². The first-order valence-electron chi connectivity index (χ1n) is 7.05. The van der Waals surface area contributed by atoms with Gasteiger partial charge in [0.1, 0.15) is 11.8 Å². The summed E-state index contributed by atoms with van der Waals surface area (Å²) in [6, 6.07) is 7.75. The van der Waals surface area contributed by atoms with Crippen molar-refractivity contribution in [1.29, 1.82) is 5.26 Å². The third-order valence-electron chi connectivity index (χ3n) is 3.25. The number of aromatic nitrogens is 2. The molecule has 1 heterocycles. The van der Waals surface area contributed by atoms with Gasteiger partial charge in [0.2, 0.25) is 0 Å². The van der Waals surface area contributed by atoms with Gasteiger partial charge < -0.3 is 14.6 Å². The van der Waals surface area contributed by atoms with E-state index in [1.165, 1.54) is 0 Å². The fourth-order valence-electron chi connectivity index (χ4n) is 2.15. The monoisotopic (exact) mass is 284 g/mol. The zero-order chi connectivity index (χ0) is 15.1. The lowest BCUT2D eigenvalue weighted by Gasteiger charge is -2.07. The third kappa shape index (κ3) is 4.07. The summed E-state index contributed by atoms with van der Waals surface area (Å²) < 4.78 is 7.27. The Morgan fingerprint density at radius 1 is 1.43 bits per heavy atom. The number of rotatable bonds is 7. The van der Waals surface area contributed by atoms with Crippen LogP contribution >= 0.6 is 0 Å². The van der Waals surface area contributed by atoms with Crippen LogP contribution in [0.4, 0.5) is 0 Å². The molecule has 0 aliphatic rings. The van der Waals surface area contributed by atoms with Crippen molar-refractivity contribution in [2.75, 3.05) is 20.2 Å². The fraction of sp³-hybridized carbons (Fsp3) is 0.375. The van der Waals surface area contributed by atoms with Gasteiger partial charge in [-0.15, -0.1) is 0 Å². The molecule has 0 fully saturated rings. The molecule has 1 N–H and O–H groups in total. The largest absolute Gasteiger partial charge is 0.495 e. The van der Waals surface area contributed by atoms with Crippen LogP contribution < -0.4 is 10.1 Å². The quantitative estimate of drug-likeness (QED) is 0.790. The summed E-state index contributed by atoms with van der Waals surface area (Å²) in [6.45, 7) is 4.73. The smallest absolute Gasteiger partial charge is 0.136 e. The van der Waals surface area contributed by atoms with E-state index in [1.807, 2.05) is 23.0 Å². The van der Waals surface area contributed by atoms with Gasteiger partial charge in [0.05, 0.1) is 24.7 Å². The Morgan fingerprint density at radius 3 is 3.00 bits per heavy atom. The van der Waals surface area contributed by atoms with E-state index < -0.39 is 0 Å². The van der Waals surface area contributed by atoms with E-state index in [2.05, 4.69) is 29.5 Å². The van der Waals surface area contributed by atoms with Crippen molar-refractivity contribution in [1.82, 2.24) is 14.9 Å². The van der Waals surface area contributed by atoms with Crippen molar-refractivity contribution in [3.63, 3.8) is 0 Å². The van der Waals surface area contributed by atoms with Crippen molar-refractivity contribution < 1.29 is 4.74 Å². The minimum Gasteiger partial charge on any atom is -0.495 e. The van der Waals surface area contributed by atoms with Gasteiger partial charge in [0.15, 0.2) is 0 Å². The molecule has 5 heteroatoms. The highest BCUT2D eigenvalue weighted by Gasteiger charge is 2.05. The van der Waals surface area contributed by atoms with Gasteiger partial charge >= 0.3 is 0 Å². The molecule has 110 valence electrons. The number of ether oxygens (including phenoxy) is 1. The van der Waals surface area contributed by atoms with E-state index in [9.17, 15) is 0 Å². The first kappa shape index (κ1) is 15.1. The maximum atomic E-state index is 8.99. The van der Waals surface area contributed by atoms with Crippen LogP contribution in [0.2, 0.25) is 0 Å². The van der Waals surface area contributed by atoms with Gasteiger partial charge in [0, 0.05) is 25.7 Å². The maximum Gasteiger partial charge on any atom is 0.136 e. The van der Waals surface area contributed by atoms with Crippen LogP contribution in [-0.4, -0.2) is 29.8 Å². The summed E-state index contributed by atoms with van der Waals surface area (Å²) in [5.74, 6) is 0.613. The number of benzene rings is 1. The fourth-order valence-corrected chi connectivity index (χ4v) is 2.15. The highest BCUT2D eigenvalue weighted by molar-refractivity contribution is 5.45. The Hall–Kier alpha value is -2.32. The molecule has 0 bridgehead atoms. The number of nitriles is 1. The first-order valence-corrected chi connectivity index (χ1v) is 7.05. The number of methoxy groups -OCH3 is 1. The molecule has 1 aromatic carbocycles. The second kappa shape index (κ2) is 7.46. The molecule has 0 saturated heterocycles. The zero-order valence-corrected chi connectivity index (χ0v) is 12.5. The molecule has 0 aliphatic carbocycles. The molecule has 0 saturated carbocycles. The minimum atomic E-state index is 0.554. The molecule has 0 aliphatic heterocycles. The first-order chi connectivity index (χ1) is 10.3. The second-order valence-electron chi connectivity index (χ2n) is 4.79. The van der Waals surface area contributed by atoms with Gasteiger partial charge in [-0.05, 0) is 24.2 Å². The molecule has 0 unspecified atom stereocenters. The lowest BCUT2D eigenvalue weighted by atomic mass is 10.1. The molecular weight excluding hydrogens is 264 g/mol. The van der Waals surface area contributed by atoms with Crippen molar-refractivity contribution in [2.45, 2.75) is 19.9 Å². The average Bonchev–Trinajstić information content (AvgIpc) is 2.95. The number of imidazole rings is 1. The molecule has 1 aromatic heterocycles. The number of likely N-dealkylation sites (N-methyl/N-ethyl adjacent to an activating group) is 1. The van der Waals surface area contributed by atoms with E-state index in [0.717, 1.165) is 37.3 Å². The summed E-state index contributed by atoms with van der Waals surface area (Å²) in [5.41, 5.74) is 2.72. The van der Waals surface area contributed by atoms with Gasteiger partial charge in [-0.2, -0.15) is 5.26 Å². The Balaban J connectivity index is 2.03. The Bertz CT molecular complexity index is 627. The highest BCUT2D eigenvalue weighted by atomic mass is 16.5. The predicted molar refractivity (Wildman–Crippen MR) is 81.3 cm³/mol. The average molecular weight is 284 g/mol. The van der Waals surface area contributed by atoms with Gasteiger partial charge in [-0.25, -0.2) is 4.98 Å². The Labute approximate surface area is 125 Å². The van der Waals surface area contributed by atoms with Crippen LogP contribution in [0.5, 0.6) is 5.75 Å². The summed E-state index contributed by atoms with van der Waals surface area (Å²) in [4.78, 5) is 4.40. The number of hydrogen-bond acceptors (Lipinski definition) is 4. The van der Waals surface area contributed by atoms with Crippen LogP contribution in [0.3, 0.4) is 0 Å². The number of hydrogen-bond donors (Lipinski definition) is 1. The van der Waals surface area contributed by atoms with E-state index in [1.54, 1.807) is 13.2 Å². The summed E-state index contributed by atoms with van der Waals surface area (Å²) in [7, 11) is 1.58. The van der Waals surface area contributed by atoms with E-state index in [0.29, 0.717) is 11.3 Å². The van der Waals surface area contributed by atoms with Crippen LogP contribution in [-0.2, 0) is 13.0 Å². The van der Waals surface area contributed by atoms with Crippen molar-refractivity contribution in [3.05, 3.63) is 47.5 Å². The Morgan fingerprint density at radius 2 is 2.29 bits per heavy atom. The normalized spacial score (nSPS) is 10.3.